The first-order chi connectivity index (χ1) is 14.6. The zero-order chi connectivity index (χ0) is 22.5. The van der Waals surface area contributed by atoms with Crippen LogP contribution in [0.1, 0.15) is 45.2 Å². The fraction of sp³-hybridized carbons (Fsp3) is 0.320. The van der Waals surface area contributed by atoms with Gasteiger partial charge in [0.25, 0.3) is 0 Å². The Morgan fingerprint density at radius 3 is 2.55 bits per heavy atom. The summed E-state index contributed by atoms with van der Waals surface area (Å²) in [6, 6.07) is 5.62. The second-order valence-electron chi connectivity index (χ2n) is 8.86. The van der Waals surface area contributed by atoms with Crippen LogP contribution in [-0.2, 0) is 12.8 Å². The molecule has 1 aliphatic heterocycles. The van der Waals surface area contributed by atoms with Crippen LogP contribution < -0.4 is 10.2 Å². The van der Waals surface area contributed by atoms with Crippen molar-refractivity contribution >= 4 is 11.0 Å². The highest BCUT2D eigenvalue weighted by atomic mass is 16.5. The van der Waals surface area contributed by atoms with Crippen molar-refractivity contribution in [1.29, 1.82) is 0 Å². The Morgan fingerprint density at radius 1 is 1.13 bits per heavy atom. The van der Waals surface area contributed by atoms with Gasteiger partial charge in [-0.15, -0.1) is 0 Å². The predicted octanol–water partition coefficient (Wildman–Crippen LogP) is 5.19. The van der Waals surface area contributed by atoms with E-state index in [4.69, 9.17) is 9.15 Å². The zero-order valence-electron chi connectivity index (χ0n) is 18.1. The Morgan fingerprint density at radius 2 is 1.87 bits per heavy atom. The van der Waals surface area contributed by atoms with E-state index in [0.29, 0.717) is 23.3 Å². The van der Waals surface area contributed by atoms with Crippen molar-refractivity contribution in [1.82, 2.24) is 0 Å². The van der Waals surface area contributed by atoms with Gasteiger partial charge >= 0.3 is 0 Å². The van der Waals surface area contributed by atoms with Crippen LogP contribution in [0.25, 0.3) is 22.3 Å². The van der Waals surface area contributed by atoms with E-state index in [1.807, 2.05) is 33.8 Å². The van der Waals surface area contributed by atoms with Crippen molar-refractivity contribution in [2.75, 3.05) is 0 Å². The summed E-state index contributed by atoms with van der Waals surface area (Å²) in [7, 11) is 0. The van der Waals surface area contributed by atoms with E-state index < -0.39 is 5.60 Å². The highest BCUT2D eigenvalue weighted by molar-refractivity contribution is 5.91. The number of phenols is 3. The standard InChI is InChI=1S/C25H26O6/c1-13(2)5-7-17-22(29)21-19(28)12-20-16(9-10-25(3,4)31-20)24(21)30-23(17)15-8-6-14(26)11-18(15)27/h5-6,8,11-12,26-28H,7,9-10H2,1-4H3. The fourth-order valence-corrected chi connectivity index (χ4v) is 3.94. The second kappa shape index (κ2) is 7.38. The SMILES string of the molecule is CC(C)=CCc1c(-c2ccc(O)cc2O)oc2c3c(cc(O)c2c1=O)OC(C)(C)CC3. The van der Waals surface area contributed by atoms with Gasteiger partial charge in [0.15, 0.2) is 0 Å². The van der Waals surface area contributed by atoms with Crippen LogP contribution in [0.15, 0.2) is 45.1 Å². The average molecular weight is 422 g/mol. The van der Waals surface area contributed by atoms with Gasteiger partial charge in [0, 0.05) is 23.3 Å². The average Bonchev–Trinajstić information content (AvgIpc) is 2.65. The lowest BCUT2D eigenvalue weighted by Crippen LogP contribution is -2.32. The number of aromatic hydroxyl groups is 3. The molecular formula is C25H26O6. The summed E-state index contributed by atoms with van der Waals surface area (Å²) in [5, 5.41) is 31.0. The smallest absolute Gasteiger partial charge is 0.200 e. The molecule has 6 nitrogen and oxygen atoms in total. The van der Waals surface area contributed by atoms with Crippen LogP contribution in [0.5, 0.6) is 23.0 Å². The quantitative estimate of drug-likeness (QED) is 0.502. The van der Waals surface area contributed by atoms with Gasteiger partial charge in [0.05, 0.1) is 5.56 Å². The predicted molar refractivity (Wildman–Crippen MR) is 119 cm³/mol. The molecule has 31 heavy (non-hydrogen) atoms. The molecule has 0 amide bonds. The maximum absolute atomic E-state index is 13.5. The van der Waals surface area contributed by atoms with Crippen LogP contribution in [-0.4, -0.2) is 20.9 Å². The fourth-order valence-electron chi connectivity index (χ4n) is 3.94. The number of benzene rings is 2. The number of hydrogen-bond acceptors (Lipinski definition) is 6. The summed E-state index contributed by atoms with van der Waals surface area (Å²) in [4.78, 5) is 13.5. The van der Waals surface area contributed by atoms with E-state index >= 15 is 0 Å². The number of aryl methyl sites for hydroxylation is 1. The Bertz CT molecular complexity index is 1280. The molecule has 6 heteroatoms. The summed E-state index contributed by atoms with van der Waals surface area (Å²) in [6.45, 7) is 7.78. The highest BCUT2D eigenvalue weighted by Gasteiger charge is 2.31. The normalized spacial score (nSPS) is 14.7. The lowest BCUT2D eigenvalue weighted by atomic mass is 9.92. The Labute approximate surface area is 180 Å². The number of rotatable bonds is 3. The van der Waals surface area contributed by atoms with Crippen molar-refractivity contribution in [3.63, 3.8) is 0 Å². The highest BCUT2D eigenvalue weighted by Crippen LogP contribution is 2.43. The minimum Gasteiger partial charge on any atom is -0.508 e. The third kappa shape index (κ3) is 3.74. The third-order valence-corrected chi connectivity index (χ3v) is 5.61. The van der Waals surface area contributed by atoms with Crippen LogP contribution in [0, 0.1) is 0 Å². The van der Waals surface area contributed by atoms with Gasteiger partial charge in [-0.1, -0.05) is 11.6 Å². The van der Waals surface area contributed by atoms with Gasteiger partial charge in [-0.05, 0) is 59.1 Å². The number of phenolic OH excluding ortho intramolecular Hbond substituents is 3. The topological polar surface area (TPSA) is 100 Å². The van der Waals surface area contributed by atoms with Crippen molar-refractivity contribution in [3.8, 4) is 34.3 Å². The first-order valence-corrected chi connectivity index (χ1v) is 10.3. The minimum atomic E-state index is -0.394. The number of allylic oxidation sites excluding steroid dienone is 2. The lowest BCUT2D eigenvalue weighted by molar-refractivity contribution is 0.0846. The molecule has 0 spiro atoms. The van der Waals surface area contributed by atoms with E-state index in [0.717, 1.165) is 17.6 Å². The van der Waals surface area contributed by atoms with E-state index in [1.54, 1.807) is 0 Å². The van der Waals surface area contributed by atoms with Gasteiger partial charge in [-0.3, -0.25) is 4.79 Å². The molecule has 162 valence electrons. The summed E-state index contributed by atoms with van der Waals surface area (Å²) in [5.41, 5.74) is 1.87. The van der Waals surface area contributed by atoms with Crippen molar-refractivity contribution in [2.45, 2.75) is 52.6 Å². The molecule has 0 fully saturated rings. The largest absolute Gasteiger partial charge is 0.508 e. The Hall–Kier alpha value is -3.41. The summed E-state index contributed by atoms with van der Waals surface area (Å²) in [6.07, 6.45) is 3.51. The summed E-state index contributed by atoms with van der Waals surface area (Å²) >= 11 is 0. The number of fused-ring (bicyclic) bond motifs is 3. The molecule has 0 atom stereocenters. The van der Waals surface area contributed by atoms with Gasteiger partial charge in [-0.2, -0.15) is 0 Å². The molecule has 2 aromatic carbocycles. The van der Waals surface area contributed by atoms with E-state index in [1.165, 1.54) is 24.3 Å². The molecule has 0 radical (unpaired) electrons. The first kappa shape index (κ1) is 20.8. The van der Waals surface area contributed by atoms with Gasteiger partial charge in [-0.25, -0.2) is 0 Å². The van der Waals surface area contributed by atoms with Crippen LogP contribution in [0.3, 0.4) is 0 Å². The molecule has 0 aliphatic carbocycles. The number of hydrogen-bond donors (Lipinski definition) is 3. The zero-order valence-corrected chi connectivity index (χ0v) is 18.1. The van der Waals surface area contributed by atoms with Gasteiger partial charge < -0.3 is 24.5 Å². The molecule has 3 aromatic rings. The first-order valence-electron chi connectivity index (χ1n) is 10.3. The molecule has 0 saturated heterocycles. The van der Waals surface area contributed by atoms with Gasteiger partial charge in [0.2, 0.25) is 5.43 Å². The van der Waals surface area contributed by atoms with Crippen molar-refractivity contribution in [2.24, 2.45) is 0 Å². The van der Waals surface area contributed by atoms with Crippen molar-refractivity contribution in [3.05, 3.63) is 57.3 Å². The van der Waals surface area contributed by atoms with E-state index in [-0.39, 0.29) is 45.8 Å². The minimum absolute atomic E-state index is 0.0964. The van der Waals surface area contributed by atoms with Crippen molar-refractivity contribution < 1.29 is 24.5 Å². The third-order valence-electron chi connectivity index (χ3n) is 5.61. The monoisotopic (exact) mass is 422 g/mol. The molecule has 3 N–H and O–H groups in total. The molecule has 0 unspecified atom stereocenters. The Balaban J connectivity index is 2.08. The van der Waals surface area contributed by atoms with Gasteiger partial charge in [0.1, 0.15) is 45.3 Å². The summed E-state index contributed by atoms with van der Waals surface area (Å²) < 4.78 is 12.3. The van der Waals surface area contributed by atoms with Crippen LogP contribution in [0.4, 0.5) is 0 Å². The molecular weight excluding hydrogens is 396 g/mol. The van der Waals surface area contributed by atoms with E-state index in [2.05, 4.69) is 0 Å². The summed E-state index contributed by atoms with van der Waals surface area (Å²) in [5.74, 6) is 0.209. The molecule has 1 aliphatic rings. The Kier molecular flexibility index (Phi) is 4.96. The molecule has 2 heterocycles. The molecule has 1 aromatic heterocycles. The maximum Gasteiger partial charge on any atom is 0.200 e. The van der Waals surface area contributed by atoms with Crippen LogP contribution in [0.2, 0.25) is 0 Å². The van der Waals surface area contributed by atoms with Crippen LogP contribution >= 0.6 is 0 Å². The molecule has 0 saturated carbocycles. The molecule has 0 bridgehead atoms. The molecule has 4 rings (SSSR count). The van der Waals surface area contributed by atoms with E-state index in [9.17, 15) is 20.1 Å². The lowest BCUT2D eigenvalue weighted by Gasteiger charge is -2.33. The maximum atomic E-state index is 13.5. The number of ether oxygens (including phenoxy) is 1. The second-order valence-corrected chi connectivity index (χ2v) is 8.86.